The molecule has 0 aromatic rings. The van der Waals surface area contributed by atoms with Crippen molar-refractivity contribution >= 4 is 18.3 Å². The first-order valence-electron chi connectivity index (χ1n) is 6.59. The smallest absolute Gasteiger partial charge is 0.240 e. The zero-order valence-electron chi connectivity index (χ0n) is 12.0. The summed E-state index contributed by atoms with van der Waals surface area (Å²) in [4.78, 5) is 14.2. The molecule has 0 aliphatic carbocycles. The Bertz CT molecular complexity index is 345. The van der Waals surface area contributed by atoms with Gasteiger partial charge in [0.1, 0.15) is 6.10 Å². The van der Waals surface area contributed by atoms with Gasteiger partial charge in [-0.15, -0.1) is 12.4 Å². The van der Waals surface area contributed by atoms with Crippen molar-refractivity contribution in [3.63, 3.8) is 0 Å². The molecular formula is C13H25ClN2O3. The lowest BCUT2D eigenvalue weighted by Gasteiger charge is -2.33. The molecule has 2 aliphatic rings. The van der Waals surface area contributed by atoms with Gasteiger partial charge in [-0.2, -0.15) is 0 Å². The molecular weight excluding hydrogens is 268 g/mol. The number of nitrogens with zero attached hydrogens (tertiary/aromatic N) is 1. The van der Waals surface area contributed by atoms with E-state index in [4.69, 9.17) is 10.5 Å². The lowest BCUT2D eigenvalue weighted by molar-refractivity contribution is -0.137. The molecule has 0 saturated carbocycles. The first-order chi connectivity index (χ1) is 8.23. The van der Waals surface area contributed by atoms with E-state index in [1.807, 2.05) is 27.7 Å². The number of carbonyl (C=O) groups is 1. The van der Waals surface area contributed by atoms with Crippen LogP contribution in [0, 0.1) is 11.3 Å². The number of nitrogens with two attached hydrogens (primary N) is 1. The largest absolute Gasteiger partial charge is 0.388 e. The number of ether oxygens (including phenoxy) is 1. The lowest BCUT2D eigenvalue weighted by atomic mass is 9.86. The summed E-state index contributed by atoms with van der Waals surface area (Å²) >= 11 is 0. The number of fused-ring (bicyclic) bond motifs is 1. The second kappa shape index (κ2) is 5.56. The minimum Gasteiger partial charge on any atom is -0.388 e. The van der Waals surface area contributed by atoms with Crippen molar-refractivity contribution in [3.8, 4) is 0 Å². The van der Waals surface area contributed by atoms with Crippen molar-refractivity contribution in [2.45, 2.75) is 52.0 Å². The SMILES string of the molecule is C[C@@H]1CN(C(=O)[C@@H](N)C(C)(C)C)[C@H]2[C@@H]1OC[C@@H]2O.Cl. The number of halogens is 1. The van der Waals surface area contributed by atoms with Gasteiger partial charge < -0.3 is 20.5 Å². The Hall–Kier alpha value is -0.360. The highest BCUT2D eigenvalue weighted by Crippen LogP contribution is 2.34. The third-order valence-electron chi connectivity index (χ3n) is 4.08. The van der Waals surface area contributed by atoms with Gasteiger partial charge in [-0.1, -0.05) is 27.7 Å². The van der Waals surface area contributed by atoms with Gasteiger partial charge in [-0.25, -0.2) is 0 Å². The fraction of sp³-hybridized carbons (Fsp3) is 0.923. The van der Waals surface area contributed by atoms with Gasteiger partial charge in [0.25, 0.3) is 0 Å². The lowest BCUT2D eigenvalue weighted by Crippen LogP contribution is -2.54. The predicted molar refractivity (Wildman–Crippen MR) is 75.1 cm³/mol. The van der Waals surface area contributed by atoms with Gasteiger partial charge in [0.2, 0.25) is 5.91 Å². The van der Waals surface area contributed by atoms with Crippen LogP contribution in [0.4, 0.5) is 0 Å². The second-order valence-electron chi connectivity index (χ2n) is 6.67. The van der Waals surface area contributed by atoms with Crippen LogP contribution in [0.2, 0.25) is 0 Å². The minimum absolute atomic E-state index is 0. The van der Waals surface area contributed by atoms with Gasteiger partial charge in [0.05, 0.1) is 24.8 Å². The summed E-state index contributed by atoms with van der Waals surface area (Å²) in [7, 11) is 0. The Balaban J connectivity index is 0.00000180. The first kappa shape index (κ1) is 16.7. The molecule has 112 valence electrons. The third-order valence-corrected chi connectivity index (χ3v) is 4.08. The van der Waals surface area contributed by atoms with Gasteiger partial charge >= 0.3 is 0 Å². The first-order valence-corrected chi connectivity index (χ1v) is 6.59. The quantitative estimate of drug-likeness (QED) is 0.733. The molecule has 0 bridgehead atoms. The van der Waals surface area contributed by atoms with E-state index in [0.717, 1.165) is 0 Å². The highest BCUT2D eigenvalue weighted by Gasteiger charge is 2.51. The summed E-state index contributed by atoms with van der Waals surface area (Å²) < 4.78 is 5.56. The molecule has 19 heavy (non-hydrogen) atoms. The van der Waals surface area contributed by atoms with E-state index in [1.54, 1.807) is 4.90 Å². The number of amides is 1. The number of likely N-dealkylation sites (tertiary alicyclic amines) is 1. The van der Waals surface area contributed by atoms with Crippen molar-refractivity contribution in [2.75, 3.05) is 13.2 Å². The van der Waals surface area contributed by atoms with E-state index < -0.39 is 12.1 Å². The topological polar surface area (TPSA) is 75.8 Å². The molecule has 2 rings (SSSR count). The van der Waals surface area contributed by atoms with Crippen molar-refractivity contribution in [2.24, 2.45) is 17.1 Å². The average molecular weight is 293 g/mol. The Kier molecular flexibility index (Phi) is 4.88. The molecule has 2 heterocycles. The van der Waals surface area contributed by atoms with Crippen LogP contribution in [0.3, 0.4) is 0 Å². The van der Waals surface area contributed by atoms with E-state index in [-0.39, 0.29) is 41.8 Å². The maximum atomic E-state index is 12.5. The van der Waals surface area contributed by atoms with Crippen molar-refractivity contribution < 1.29 is 14.6 Å². The summed E-state index contributed by atoms with van der Waals surface area (Å²) in [5, 5.41) is 9.96. The molecule has 5 atom stereocenters. The standard InChI is InChI=1S/C13H24N2O3.ClH/c1-7-5-15(9-8(16)6-18-10(7)9)12(17)11(14)13(2,3)4;/h7-11,16H,5-6,14H2,1-4H3;1H/t7-,8+,9-,10-,11-;/m1./s1. The fourth-order valence-corrected chi connectivity index (χ4v) is 2.83. The van der Waals surface area contributed by atoms with Gasteiger partial charge in [-0.05, 0) is 5.41 Å². The monoisotopic (exact) mass is 292 g/mol. The number of aliphatic hydroxyl groups excluding tert-OH is 1. The maximum Gasteiger partial charge on any atom is 0.240 e. The number of aliphatic hydroxyl groups is 1. The fourth-order valence-electron chi connectivity index (χ4n) is 2.83. The number of hydrogen-bond donors (Lipinski definition) is 2. The normalized spacial score (nSPS) is 35.8. The van der Waals surface area contributed by atoms with Crippen LogP contribution in [-0.4, -0.2) is 53.4 Å². The molecule has 0 spiro atoms. The van der Waals surface area contributed by atoms with Crippen LogP contribution in [0.25, 0.3) is 0 Å². The maximum absolute atomic E-state index is 12.5. The average Bonchev–Trinajstić information content (AvgIpc) is 2.78. The predicted octanol–water partition coefficient (Wildman–Crippen LogP) is 0.388. The molecule has 1 amide bonds. The number of hydrogen-bond acceptors (Lipinski definition) is 4. The van der Waals surface area contributed by atoms with Crippen LogP contribution in [0.1, 0.15) is 27.7 Å². The van der Waals surface area contributed by atoms with Crippen molar-refractivity contribution in [1.29, 1.82) is 0 Å². The Morgan fingerprint density at radius 3 is 2.58 bits per heavy atom. The van der Waals surface area contributed by atoms with Gasteiger partial charge in [0, 0.05) is 12.5 Å². The Morgan fingerprint density at radius 1 is 1.47 bits per heavy atom. The second-order valence-corrected chi connectivity index (χ2v) is 6.67. The molecule has 2 fully saturated rings. The highest BCUT2D eigenvalue weighted by molar-refractivity contribution is 5.85. The summed E-state index contributed by atoms with van der Waals surface area (Å²) in [5.41, 5.74) is 5.76. The van der Waals surface area contributed by atoms with Crippen LogP contribution >= 0.6 is 12.4 Å². The highest BCUT2D eigenvalue weighted by atomic mass is 35.5. The van der Waals surface area contributed by atoms with Crippen LogP contribution < -0.4 is 5.73 Å². The zero-order chi connectivity index (χ0) is 13.7. The Labute approximate surface area is 120 Å². The Morgan fingerprint density at radius 2 is 2.05 bits per heavy atom. The third kappa shape index (κ3) is 2.89. The van der Waals surface area contributed by atoms with Gasteiger partial charge in [-0.3, -0.25) is 4.79 Å². The molecule has 3 N–H and O–H groups in total. The van der Waals surface area contributed by atoms with Crippen molar-refractivity contribution in [3.05, 3.63) is 0 Å². The molecule has 5 nitrogen and oxygen atoms in total. The van der Waals surface area contributed by atoms with E-state index in [1.165, 1.54) is 0 Å². The summed E-state index contributed by atoms with van der Waals surface area (Å²) in [6.45, 7) is 8.84. The molecule has 0 radical (unpaired) electrons. The van der Waals surface area contributed by atoms with Crippen LogP contribution in [0.5, 0.6) is 0 Å². The molecule has 2 saturated heterocycles. The molecule has 6 heteroatoms. The van der Waals surface area contributed by atoms with E-state index in [9.17, 15) is 9.90 Å². The van der Waals surface area contributed by atoms with E-state index in [2.05, 4.69) is 0 Å². The van der Waals surface area contributed by atoms with Gasteiger partial charge in [0.15, 0.2) is 0 Å². The number of carbonyl (C=O) groups excluding carboxylic acids is 1. The minimum atomic E-state index is -0.587. The van der Waals surface area contributed by atoms with E-state index in [0.29, 0.717) is 13.2 Å². The van der Waals surface area contributed by atoms with Crippen molar-refractivity contribution in [1.82, 2.24) is 4.90 Å². The molecule has 2 aliphatic heterocycles. The van der Waals surface area contributed by atoms with E-state index >= 15 is 0 Å². The summed E-state index contributed by atoms with van der Waals surface area (Å²) in [5.74, 6) is 0.176. The molecule has 0 unspecified atom stereocenters. The molecule has 0 aromatic heterocycles. The van der Waals surface area contributed by atoms with Crippen LogP contribution in [-0.2, 0) is 9.53 Å². The number of rotatable bonds is 1. The zero-order valence-corrected chi connectivity index (χ0v) is 12.8. The summed E-state index contributed by atoms with van der Waals surface area (Å²) in [6.07, 6.45) is -0.632. The molecule has 0 aromatic carbocycles. The summed E-state index contributed by atoms with van der Waals surface area (Å²) in [6, 6.07) is -0.767. The van der Waals surface area contributed by atoms with Crippen LogP contribution in [0.15, 0.2) is 0 Å².